The second-order valence-electron chi connectivity index (χ2n) is 8.93. The standard InChI is InChI=1S/C31H29ClN4O6S/c1-2-41-25-16-18-27(19-17-25)43(39,40)36(24-8-4-3-5-9-24)21-30(37)35-33-20-23-12-14-26(15-13-23)42-22-31(38)34-29-11-7-6-10-28(29)32/h3-20H,2,21-22H2,1H3,(H,34,38)(H,35,37)/b33-20-. The minimum absolute atomic E-state index is 0.0137. The molecule has 12 heteroatoms. The van der Waals surface area contributed by atoms with Crippen molar-refractivity contribution in [2.24, 2.45) is 5.10 Å². The number of para-hydroxylation sites is 2. The molecule has 0 saturated heterocycles. The molecule has 0 heterocycles. The molecule has 4 aromatic rings. The zero-order valence-corrected chi connectivity index (χ0v) is 24.7. The van der Waals surface area contributed by atoms with Crippen molar-refractivity contribution in [1.29, 1.82) is 0 Å². The number of nitrogens with zero attached hydrogens (tertiary/aromatic N) is 2. The lowest BCUT2D eigenvalue weighted by Gasteiger charge is -2.23. The molecule has 0 unspecified atom stereocenters. The first-order chi connectivity index (χ1) is 20.8. The Labute approximate surface area is 254 Å². The van der Waals surface area contributed by atoms with E-state index in [-0.39, 0.29) is 17.4 Å². The lowest BCUT2D eigenvalue weighted by atomic mass is 10.2. The topological polar surface area (TPSA) is 126 Å². The van der Waals surface area contributed by atoms with E-state index in [1.54, 1.807) is 91.0 Å². The molecule has 0 saturated carbocycles. The van der Waals surface area contributed by atoms with Gasteiger partial charge in [0.1, 0.15) is 18.0 Å². The van der Waals surface area contributed by atoms with Crippen molar-refractivity contribution in [3.8, 4) is 11.5 Å². The first kappa shape index (κ1) is 31.1. The minimum Gasteiger partial charge on any atom is -0.494 e. The van der Waals surface area contributed by atoms with Gasteiger partial charge in [-0.2, -0.15) is 5.10 Å². The molecule has 222 valence electrons. The van der Waals surface area contributed by atoms with Crippen molar-refractivity contribution in [1.82, 2.24) is 5.43 Å². The van der Waals surface area contributed by atoms with E-state index in [9.17, 15) is 18.0 Å². The van der Waals surface area contributed by atoms with Crippen molar-refractivity contribution in [2.45, 2.75) is 11.8 Å². The Kier molecular flexibility index (Phi) is 10.7. The fraction of sp³-hybridized carbons (Fsp3) is 0.129. The van der Waals surface area contributed by atoms with E-state index in [4.69, 9.17) is 21.1 Å². The summed E-state index contributed by atoms with van der Waals surface area (Å²) in [6.07, 6.45) is 1.40. The summed E-state index contributed by atoms with van der Waals surface area (Å²) in [5.41, 5.74) is 3.83. The number of hydrogen-bond donors (Lipinski definition) is 2. The molecule has 0 radical (unpaired) electrons. The lowest BCUT2D eigenvalue weighted by Crippen LogP contribution is -2.39. The molecule has 0 aliphatic carbocycles. The normalized spacial score (nSPS) is 11.1. The van der Waals surface area contributed by atoms with Gasteiger partial charge in [0.05, 0.1) is 34.1 Å². The fourth-order valence-corrected chi connectivity index (χ4v) is 5.41. The summed E-state index contributed by atoms with van der Waals surface area (Å²) in [4.78, 5) is 24.9. The van der Waals surface area contributed by atoms with Crippen LogP contribution in [-0.2, 0) is 19.6 Å². The summed E-state index contributed by atoms with van der Waals surface area (Å²) in [5.74, 6) is -0.0126. The molecule has 10 nitrogen and oxygen atoms in total. The van der Waals surface area contributed by atoms with Gasteiger partial charge in [-0.15, -0.1) is 0 Å². The van der Waals surface area contributed by atoms with Gasteiger partial charge < -0.3 is 14.8 Å². The zero-order valence-electron chi connectivity index (χ0n) is 23.1. The number of carbonyl (C=O) groups excluding carboxylic acids is 2. The highest BCUT2D eigenvalue weighted by Gasteiger charge is 2.27. The molecule has 4 aromatic carbocycles. The van der Waals surface area contributed by atoms with Crippen LogP contribution in [0.3, 0.4) is 0 Å². The molecule has 2 amide bonds. The first-order valence-electron chi connectivity index (χ1n) is 13.2. The molecule has 0 spiro atoms. The predicted molar refractivity (Wildman–Crippen MR) is 166 cm³/mol. The van der Waals surface area contributed by atoms with Gasteiger partial charge in [-0.05, 0) is 85.3 Å². The number of nitrogens with one attached hydrogen (secondary N) is 2. The molecular weight excluding hydrogens is 592 g/mol. The number of halogens is 1. The molecular formula is C31H29ClN4O6S. The lowest BCUT2D eigenvalue weighted by molar-refractivity contribution is -0.119. The highest BCUT2D eigenvalue weighted by molar-refractivity contribution is 7.92. The van der Waals surface area contributed by atoms with Gasteiger partial charge in [-0.3, -0.25) is 13.9 Å². The third-order valence-corrected chi connectivity index (χ3v) is 7.97. The van der Waals surface area contributed by atoms with Crippen LogP contribution < -0.4 is 24.5 Å². The number of ether oxygens (including phenoxy) is 2. The number of carbonyl (C=O) groups is 2. The Morgan fingerprint density at radius 2 is 1.47 bits per heavy atom. The monoisotopic (exact) mass is 620 g/mol. The molecule has 0 atom stereocenters. The molecule has 0 bridgehead atoms. The van der Waals surface area contributed by atoms with Gasteiger partial charge in [0.15, 0.2) is 6.61 Å². The molecule has 0 fully saturated rings. The quantitative estimate of drug-likeness (QED) is 0.158. The van der Waals surface area contributed by atoms with Gasteiger partial charge in [0.2, 0.25) is 0 Å². The Morgan fingerprint density at radius 3 is 2.14 bits per heavy atom. The summed E-state index contributed by atoms with van der Waals surface area (Å²) >= 11 is 6.05. The average molecular weight is 621 g/mol. The second-order valence-corrected chi connectivity index (χ2v) is 11.2. The summed E-state index contributed by atoms with van der Waals surface area (Å²) in [7, 11) is -4.08. The van der Waals surface area contributed by atoms with Crippen LogP contribution >= 0.6 is 11.6 Å². The maximum atomic E-state index is 13.5. The smallest absolute Gasteiger partial charge is 0.264 e. The van der Waals surface area contributed by atoms with Crippen LogP contribution in [-0.4, -0.2) is 46.2 Å². The second kappa shape index (κ2) is 14.9. The van der Waals surface area contributed by atoms with Crippen LogP contribution in [0.5, 0.6) is 11.5 Å². The number of sulfonamides is 1. The number of hydrogen-bond acceptors (Lipinski definition) is 7. The van der Waals surface area contributed by atoms with E-state index in [0.717, 1.165) is 4.31 Å². The molecule has 0 aromatic heterocycles. The Balaban J connectivity index is 1.34. The highest BCUT2D eigenvalue weighted by atomic mass is 35.5. The van der Waals surface area contributed by atoms with Gasteiger partial charge >= 0.3 is 0 Å². The summed E-state index contributed by atoms with van der Waals surface area (Å²) in [6.45, 7) is 1.57. The summed E-state index contributed by atoms with van der Waals surface area (Å²) in [6, 6.07) is 27.9. The van der Waals surface area contributed by atoms with Crippen molar-refractivity contribution in [2.75, 3.05) is 29.4 Å². The first-order valence-corrected chi connectivity index (χ1v) is 15.0. The van der Waals surface area contributed by atoms with Gasteiger partial charge in [-0.1, -0.05) is 41.9 Å². The zero-order chi connectivity index (χ0) is 30.7. The molecule has 4 rings (SSSR count). The van der Waals surface area contributed by atoms with Crippen molar-refractivity contribution in [3.63, 3.8) is 0 Å². The number of anilines is 2. The third kappa shape index (κ3) is 8.81. The average Bonchev–Trinajstić information content (AvgIpc) is 3.01. The van der Waals surface area contributed by atoms with Crippen LogP contribution in [0.1, 0.15) is 12.5 Å². The van der Waals surface area contributed by atoms with Gasteiger partial charge in [0, 0.05) is 0 Å². The van der Waals surface area contributed by atoms with E-state index >= 15 is 0 Å². The van der Waals surface area contributed by atoms with E-state index in [1.807, 2.05) is 6.92 Å². The van der Waals surface area contributed by atoms with E-state index < -0.39 is 22.5 Å². The largest absolute Gasteiger partial charge is 0.494 e. The van der Waals surface area contributed by atoms with Gasteiger partial charge in [-0.25, -0.2) is 13.8 Å². The molecule has 2 N–H and O–H groups in total. The summed E-state index contributed by atoms with van der Waals surface area (Å²) in [5, 5.41) is 7.05. The van der Waals surface area contributed by atoms with E-state index in [0.29, 0.717) is 40.1 Å². The van der Waals surface area contributed by atoms with Gasteiger partial charge in [0.25, 0.3) is 21.8 Å². The van der Waals surface area contributed by atoms with Crippen LogP contribution in [0.25, 0.3) is 0 Å². The van der Waals surface area contributed by atoms with Crippen molar-refractivity contribution < 1.29 is 27.5 Å². The molecule has 0 aliphatic rings. The predicted octanol–water partition coefficient (Wildman–Crippen LogP) is 5.10. The van der Waals surface area contributed by atoms with Crippen LogP contribution in [0.2, 0.25) is 5.02 Å². The van der Waals surface area contributed by atoms with E-state index in [1.165, 1.54) is 18.3 Å². The van der Waals surface area contributed by atoms with Crippen molar-refractivity contribution in [3.05, 3.63) is 114 Å². The third-order valence-electron chi connectivity index (χ3n) is 5.85. The SMILES string of the molecule is CCOc1ccc(S(=O)(=O)N(CC(=O)N/N=C\c2ccc(OCC(=O)Nc3ccccc3Cl)cc2)c2ccccc2)cc1. The van der Waals surface area contributed by atoms with Crippen LogP contribution in [0.4, 0.5) is 11.4 Å². The molecule has 0 aliphatic heterocycles. The van der Waals surface area contributed by atoms with Crippen LogP contribution in [0, 0.1) is 0 Å². The maximum absolute atomic E-state index is 13.5. The number of benzene rings is 4. The molecule has 43 heavy (non-hydrogen) atoms. The Hall–Kier alpha value is -4.87. The summed E-state index contributed by atoms with van der Waals surface area (Å²) < 4.78 is 38.9. The van der Waals surface area contributed by atoms with Crippen molar-refractivity contribution >= 4 is 51.0 Å². The number of hydrazone groups is 1. The van der Waals surface area contributed by atoms with E-state index in [2.05, 4.69) is 15.8 Å². The fourth-order valence-electron chi connectivity index (χ4n) is 3.80. The van der Waals surface area contributed by atoms with Crippen LogP contribution in [0.15, 0.2) is 113 Å². The highest BCUT2D eigenvalue weighted by Crippen LogP contribution is 2.25. The Bertz CT molecular complexity index is 1670. The number of amides is 2. The minimum atomic E-state index is -4.08. The number of rotatable bonds is 13. The Morgan fingerprint density at radius 1 is 0.837 bits per heavy atom. The maximum Gasteiger partial charge on any atom is 0.264 e.